The van der Waals surface area contributed by atoms with Crippen LogP contribution in [0.2, 0.25) is 0 Å². The number of carboxylic acid groups (broad SMARTS) is 1. The van der Waals surface area contributed by atoms with E-state index in [1.165, 1.54) is 12.1 Å². The van der Waals surface area contributed by atoms with Crippen LogP contribution in [0.25, 0.3) is 0 Å². The van der Waals surface area contributed by atoms with Crippen molar-refractivity contribution in [2.75, 3.05) is 0 Å². The summed E-state index contributed by atoms with van der Waals surface area (Å²) in [5.41, 5.74) is 1.02. The molecule has 0 amide bonds. The summed E-state index contributed by atoms with van der Waals surface area (Å²) in [6, 6.07) is 6.16. The number of rotatable bonds is 3. The highest BCUT2D eigenvalue weighted by molar-refractivity contribution is 6.39. The van der Waals surface area contributed by atoms with Crippen LogP contribution in [-0.2, 0) is 10.7 Å². The van der Waals surface area contributed by atoms with Crippen molar-refractivity contribution in [1.29, 1.82) is 0 Å². The third-order valence-corrected chi connectivity index (χ3v) is 1.87. The topological polar surface area (TPSA) is 54.4 Å². The standard InChI is InChI=1S/C9H7ClO3/c10-5-6-1-3-7(4-2-6)8(11)9(12)13/h1-4H,5H2,(H,12,13). The molecule has 0 atom stereocenters. The van der Waals surface area contributed by atoms with E-state index in [1.807, 2.05) is 0 Å². The Morgan fingerprint density at radius 2 is 1.77 bits per heavy atom. The van der Waals surface area contributed by atoms with Gasteiger partial charge in [-0.25, -0.2) is 4.79 Å². The second-order valence-corrected chi connectivity index (χ2v) is 2.73. The molecule has 0 aliphatic heterocycles. The molecular formula is C9H7ClO3. The molecule has 0 radical (unpaired) electrons. The molecule has 1 aromatic carbocycles. The van der Waals surface area contributed by atoms with Crippen LogP contribution in [0.5, 0.6) is 0 Å². The number of alkyl halides is 1. The predicted octanol–water partition coefficient (Wildman–Crippen LogP) is 1.69. The third kappa shape index (κ3) is 2.29. The highest BCUT2D eigenvalue weighted by Gasteiger charge is 2.13. The lowest BCUT2D eigenvalue weighted by Crippen LogP contribution is -2.12. The number of aliphatic carboxylic acids is 1. The van der Waals surface area contributed by atoms with E-state index in [4.69, 9.17) is 16.7 Å². The summed E-state index contributed by atoms with van der Waals surface area (Å²) in [6.07, 6.45) is 0. The predicted molar refractivity (Wildman–Crippen MR) is 48.0 cm³/mol. The van der Waals surface area contributed by atoms with Crippen molar-refractivity contribution in [3.63, 3.8) is 0 Å². The first kappa shape index (κ1) is 9.74. The van der Waals surface area contributed by atoms with Crippen molar-refractivity contribution in [3.8, 4) is 0 Å². The molecule has 0 spiro atoms. The van der Waals surface area contributed by atoms with Crippen LogP contribution in [0.15, 0.2) is 24.3 Å². The number of Topliss-reactive ketones (excluding diaryl/α,β-unsaturated/α-hetero) is 1. The van der Waals surface area contributed by atoms with Gasteiger partial charge in [0, 0.05) is 11.4 Å². The Morgan fingerprint density at radius 1 is 1.23 bits per heavy atom. The van der Waals surface area contributed by atoms with Crippen molar-refractivity contribution in [3.05, 3.63) is 35.4 Å². The van der Waals surface area contributed by atoms with Crippen molar-refractivity contribution in [1.82, 2.24) is 0 Å². The largest absolute Gasteiger partial charge is 0.475 e. The zero-order chi connectivity index (χ0) is 9.84. The van der Waals surface area contributed by atoms with E-state index in [0.29, 0.717) is 5.88 Å². The van der Waals surface area contributed by atoms with Gasteiger partial charge in [-0.2, -0.15) is 0 Å². The SMILES string of the molecule is O=C(O)C(=O)c1ccc(CCl)cc1. The molecule has 4 heteroatoms. The Morgan fingerprint density at radius 3 is 2.15 bits per heavy atom. The minimum Gasteiger partial charge on any atom is -0.475 e. The molecule has 0 saturated carbocycles. The van der Waals surface area contributed by atoms with E-state index in [1.54, 1.807) is 12.1 Å². The molecule has 68 valence electrons. The molecule has 0 heterocycles. The van der Waals surface area contributed by atoms with Gasteiger partial charge in [0.2, 0.25) is 0 Å². The minimum atomic E-state index is -1.45. The second kappa shape index (κ2) is 4.05. The average Bonchev–Trinajstić information content (AvgIpc) is 2.17. The van der Waals surface area contributed by atoms with E-state index in [9.17, 15) is 9.59 Å². The van der Waals surface area contributed by atoms with Gasteiger partial charge in [0.1, 0.15) is 0 Å². The molecule has 1 aromatic rings. The van der Waals surface area contributed by atoms with E-state index >= 15 is 0 Å². The van der Waals surface area contributed by atoms with Crippen molar-refractivity contribution >= 4 is 23.4 Å². The molecule has 1 N–H and O–H groups in total. The van der Waals surface area contributed by atoms with Gasteiger partial charge < -0.3 is 5.11 Å². The maximum atomic E-state index is 10.9. The number of hydrogen-bond donors (Lipinski definition) is 1. The number of carbonyl (C=O) groups is 2. The van der Waals surface area contributed by atoms with Gasteiger partial charge in [-0.15, -0.1) is 11.6 Å². The lowest BCUT2D eigenvalue weighted by Gasteiger charge is -1.97. The third-order valence-electron chi connectivity index (χ3n) is 1.56. The number of carboxylic acids is 1. The van der Waals surface area contributed by atoms with Gasteiger partial charge in [-0.05, 0) is 5.56 Å². The first-order chi connectivity index (χ1) is 6.15. The molecule has 1 rings (SSSR count). The lowest BCUT2D eigenvalue weighted by molar-refractivity contribution is -0.131. The summed E-state index contributed by atoms with van der Waals surface area (Å²) in [5, 5.41) is 8.39. The molecule has 0 aromatic heterocycles. The van der Waals surface area contributed by atoms with Crippen molar-refractivity contribution in [2.24, 2.45) is 0 Å². The van der Waals surface area contributed by atoms with Gasteiger partial charge in [0.05, 0.1) is 0 Å². The van der Waals surface area contributed by atoms with E-state index in [2.05, 4.69) is 0 Å². The summed E-state index contributed by atoms with van der Waals surface area (Å²) in [5.74, 6) is -2.00. The quantitative estimate of drug-likeness (QED) is 0.457. The van der Waals surface area contributed by atoms with Gasteiger partial charge >= 0.3 is 5.97 Å². The van der Waals surface area contributed by atoms with E-state index < -0.39 is 11.8 Å². The molecule has 0 aliphatic rings. The van der Waals surface area contributed by atoms with Crippen LogP contribution in [0.1, 0.15) is 15.9 Å². The van der Waals surface area contributed by atoms with Crippen molar-refractivity contribution in [2.45, 2.75) is 5.88 Å². The van der Waals surface area contributed by atoms with Gasteiger partial charge in [0.25, 0.3) is 5.78 Å². The normalized spacial score (nSPS) is 9.62. The summed E-state index contributed by atoms with van der Waals surface area (Å²) in [4.78, 5) is 21.2. The summed E-state index contributed by atoms with van der Waals surface area (Å²) >= 11 is 5.52. The fraction of sp³-hybridized carbons (Fsp3) is 0.111. The monoisotopic (exact) mass is 198 g/mol. The number of benzene rings is 1. The summed E-state index contributed by atoms with van der Waals surface area (Å²) in [7, 11) is 0. The zero-order valence-corrected chi connectivity index (χ0v) is 7.41. The fourth-order valence-electron chi connectivity index (χ4n) is 0.869. The fourth-order valence-corrected chi connectivity index (χ4v) is 1.05. The van der Waals surface area contributed by atoms with Crippen LogP contribution in [0.4, 0.5) is 0 Å². The summed E-state index contributed by atoms with van der Waals surface area (Å²) < 4.78 is 0. The minimum absolute atomic E-state index is 0.168. The highest BCUT2D eigenvalue weighted by atomic mass is 35.5. The van der Waals surface area contributed by atoms with Crippen LogP contribution < -0.4 is 0 Å². The van der Waals surface area contributed by atoms with Crippen molar-refractivity contribution < 1.29 is 14.7 Å². The maximum absolute atomic E-state index is 10.9. The Hall–Kier alpha value is -1.35. The average molecular weight is 199 g/mol. The molecule has 0 saturated heterocycles. The first-order valence-electron chi connectivity index (χ1n) is 3.57. The smallest absolute Gasteiger partial charge is 0.377 e. The number of carbonyl (C=O) groups excluding carboxylic acids is 1. The molecule has 0 unspecified atom stereocenters. The van der Waals surface area contributed by atoms with Crippen LogP contribution in [0, 0.1) is 0 Å². The number of ketones is 1. The van der Waals surface area contributed by atoms with Gasteiger partial charge in [-0.1, -0.05) is 24.3 Å². The zero-order valence-electron chi connectivity index (χ0n) is 6.66. The van der Waals surface area contributed by atoms with Gasteiger partial charge in [0.15, 0.2) is 0 Å². The van der Waals surface area contributed by atoms with Crippen LogP contribution in [-0.4, -0.2) is 16.9 Å². The molecule has 0 fully saturated rings. The Balaban J connectivity index is 2.92. The Labute approximate surface area is 79.9 Å². The molecular weight excluding hydrogens is 192 g/mol. The molecule has 3 nitrogen and oxygen atoms in total. The maximum Gasteiger partial charge on any atom is 0.377 e. The highest BCUT2D eigenvalue weighted by Crippen LogP contribution is 2.07. The van der Waals surface area contributed by atoms with Crippen LogP contribution in [0.3, 0.4) is 0 Å². The Bertz CT molecular complexity index is 329. The Kier molecular flexibility index (Phi) is 3.03. The molecule has 0 bridgehead atoms. The first-order valence-corrected chi connectivity index (χ1v) is 4.11. The summed E-state index contributed by atoms with van der Waals surface area (Å²) in [6.45, 7) is 0. The van der Waals surface area contributed by atoms with E-state index in [0.717, 1.165) is 5.56 Å². The van der Waals surface area contributed by atoms with E-state index in [-0.39, 0.29) is 5.56 Å². The second-order valence-electron chi connectivity index (χ2n) is 2.46. The van der Waals surface area contributed by atoms with Crippen LogP contribution >= 0.6 is 11.6 Å². The van der Waals surface area contributed by atoms with Gasteiger partial charge in [-0.3, -0.25) is 4.79 Å². The number of hydrogen-bond acceptors (Lipinski definition) is 2. The molecule has 0 aliphatic carbocycles. The lowest BCUT2D eigenvalue weighted by atomic mass is 10.1. The number of halogens is 1. The molecule has 13 heavy (non-hydrogen) atoms.